The van der Waals surface area contributed by atoms with Gasteiger partial charge in [-0.3, -0.25) is 0 Å². The van der Waals surface area contributed by atoms with Crippen molar-refractivity contribution in [3.63, 3.8) is 0 Å². The van der Waals surface area contributed by atoms with E-state index in [4.69, 9.17) is 12.2 Å². The first kappa shape index (κ1) is 19.6. The van der Waals surface area contributed by atoms with Crippen LogP contribution in [0.4, 0.5) is 0 Å². The highest BCUT2D eigenvalue weighted by atomic mass is 32.2. The molecule has 0 saturated heterocycles. The Morgan fingerprint density at radius 3 is 2.83 bits per heavy atom. The summed E-state index contributed by atoms with van der Waals surface area (Å²) in [4.78, 5) is 0. The van der Waals surface area contributed by atoms with Crippen molar-refractivity contribution in [2.24, 2.45) is 5.73 Å². The molecule has 0 aromatic heterocycles. The SMILES string of the molecule is C#CC/C=C\C(=C/CSCCCc1ccccc1)C(O)CCN. The molecule has 1 aromatic rings. The largest absolute Gasteiger partial charge is 0.388 e. The van der Waals surface area contributed by atoms with Crippen molar-refractivity contribution >= 4 is 11.8 Å². The van der Waals surface area contributed by atoms with E-state index in [0.29, 0.717) is 19.4 Å². The number of benzene rings is 1. The van der Waals surface area contributed by atoms with Gasteiger partial charge in [0.15, 0.2) is 0 Å². The van der Waals surface area contributed by atoms with Crippen LogP contribution in [0.3, 0.4) is 0 Å². The van der Waals surface area contributed by atoms with Crippen LogP contribution in [-0.2, 0) is 6.42 Å². The molecule has 2 nitrogen and oxygen atoms in total. The Labute approximate surface area is 144 Å². The Balaban J connectivity index is 2.33. The molecule has 0 aliphatic rings. The van der Waals surface area contributed by atoms with Crippen molar-refractivity contribution in [2.75, 3.05) is 18.1 Å². The number of hydrogen-bond acceptors (Lipinski definition) is 3. The second kappa shape index (κ2) is 13.0. The molecule has 124 valence electrons. The lowest BCUT2D eigenvalue weighted by Crippen LogP contribution is -2.15. The topological polar surface area (TPSA) is 46.2 Å². The maximum absolute atomic E-state index is 10.1. The molecule has 3 heteroatoms. The van der Waals surface area contributed by atoms with E-state index in [1.165, 1.54) is 5.56 Å². The number of aliphatic hydroxyl groups is 1. The van der Waals surface area contributed by atoms with Gasteiger partial charge in [-0.1, -0.05) is 48.6 Å². The molecule has 1 unspecified atom stereocenters. The summed E-state index contributed by atoms with van der Waals surface area (Å²) >= 11 is 1.88. The summed E-state index contributed by atoms with van der Waals surface area (Å²) in [7, 11) is 0. The molecule has 0 amide bonds. The minimum absolute atomic E-state index is 0.478. The highest BCUT2D eigenvalue weighted by Gasteiger charge is 2.06. The van der Waals surface area contributed by atoms with Crippen LogP contribution < -0.4 is 5.73 Å². The fourth-order valence-electron chi connectivity index (χ4n) is 2.16. The summed E-state index contributed by atoms with van der Waals surface area (Å²) in [5.41, 5.74) is 7.83. The van der Waals surface area contributed by atoms with Crippen LogP contribution in [-0.4, -0.2) is 29.3 Å². The Bertz CT molecular complexity index is 516. The molecule has 0 spiro atoms. The normalized spacial score (nSPS) is 13.2. The van der Waals surface area contributed by atoms with Crippen molar-refractivity contribution < 1.29 is 5.11 Å². The molecule has 0 radical (unpaired) electrons. The Kier molecular flexibility index (Phi) is 11.1. The first-order valence-corrected chi connectivity index (χ1v) is 9.23. The van der Waals surface area contributed by atoms with Gasteiger partial charge in [0.2, 0.25) is 0 Å². The highest BCUT2D eigenvalue weighted by Crippen LogP contribution is 2.13. The van der Waals surface area contributed by atoms with E-state index in [2.05, 4.69) is 36.3 Å². The second-order valence-electron chi connectivity index (χ2n) is 5.27. The number of allylic oxidation sites excluding steroid dienone is 1. The van der Waals surface area contributed by atoms with Crippen LogP contribution in [0, 0.1) is 12.3 Å². The van der Waals surface area contributed by atoms with E-state index >= 15 is 0 Å². The molecule has 0 bridgehead atoms. The summed E-state index contributed by atoms with van der Waals surface area (Å²) in [6.45, 7) is 0.478. The lowest BCUT2D eigenvalue weighted by molar-refractivity contribution is 0.206. The third kappa shape index (κ3) is 9.30. The first-order chi connectivity index (χ1) is 11.3. The quantitative estimate of drug-likeness (QED) is 0.371. The van der Waals surface area contributed by atoms with Gasteiger partial charge in [-0.15, -0.1) is 12.3 Å². The summed E-state index contributed by atoms with van der Waals surface area (Å²) in [5, 5.41) is 10.1. The van der Waals surface area contributed by atoms with E-state index in [1.807, 2.05) is 30.0 Å². The zero-order chi connectivity index (χ0) is 16.8. The van der Waals surface area contributed by atoms with Crippen LogP contribution in [0.2, 0.25) is 0 Å². The minimum Gasteiger partial charge on any atom is -0.388 e. The van der Waals surface area contributed by atoms with Gasteiger partial charge in [-0.25, -0.2) is 0 Å². The maximum Gasteiger partial charge on any atom is 0.0799 e. The molecular weight excluding hydrogens is 302 g/mol. The summed E-state index contributed by atoms with van der Waals surface area (Å²) in [5.74, 6) is 4.57. The van der Waals surface area contributed by atoms with Gasteiger partial charge in [0.25, 0.3) is 0 Å². The number of nitrogens with two attached hydrogens (primary N) is 1. The molecule has 0 saturated carbocycles. The molecule has 0 aliphatic carbocycles. The summed E-state index contributed by atoms with van der Waals surface area (Å²) < 4.78 is 0. The van der Waals surface area contributed by atoms with Gasteiger partial charge in [-0.2, -0.15) is 11.8 Å². The lowest BCUT2D eigenvalue weighted by atomic mass is 10.1. The van der Waals surface area contributed by atoms with Crippen LogP contribution >= 0.6 is 11.8 Å². The third-order valence-electron chi connectivity index (χ3n) is 3.40. The van der Waals surface area contributed by atoms with E-state index in [1.54, 1.807) is 0 Å². The summed E-state index contributed by atoms with van der Waals surface area (Å²) in [6, 6.07) is 10.5. The number of terminal acetylenes is 1. The van der Waals surface area contributed by atoms with E-state index in [9.17, 15) is 5.11 Å². The molecule has 0 heterocycles. The van der Waals surface area contributed by atoms with Crippen LogP contribution in [0.25, 0.3) is 0 Å². The number of rotatable bonds is 11. The molecule has 0 aliphatic heterocycles. The van der Waals surface area contributed by atoms with Gasteiger partial charge in [0.1, 0.15) is 0 Å². The van der Waals surface area contributed by atoms with E-state index < -0.39 is 6.10 Å². The fraction of sp³-hybridized carbons (Fsp3) is 0.400. The zero-order valence-corrected chi connectivity index (χ0v) is 14.5. The predicted octanol–water partition coefficient (Wildman–Crippen LogP) is 3.57. The molecule has 0 fully saturated rings. The molecule has 1 rings (SSSR count). The predicted molar refractivity (Wildman–Crippen MR) is 102 cm³/mol. The van der Waals surface area contributed by atoms with Gasteiger partial charge >= 0.3 is 0 Å². The van der Waals surface area contributed by atoms with Crippen molar-refractivity contribution in [3.05, 3.63) is 59.7 Å². The van der Waals surface area contributed by atoms with E-state index in [-0.39, 0.29) is 0 Å². The minimum atomic E-state index is -0.501. The van der Waals surface area contributed by atoms with Crippen molar-refractivity contribution in [3.8, 4) is 12.3 Å². The van der Waals surface area contributed by atoms with Gasteiger partial charge in [0.05, 0.1) is 6.10 Å². The molecule has 23 heavy (non-hydrogen) atoms. The highest BCUT2D eigenvalue weighted by molar-refractivity contribution is 7.99. The number of thioether (sulfide) groups is 1. The first-order valence-electron chi connectivity index (χ1n) is 8.07. The fourth-order valence-corrected chi connectivity index (χ4v) is 2.99. The monoisotopic (exact) mass is 329 g/mol. The molecule has 3 N–H and O–H groups in total. The Morgan fingerprint density at radius 2 is 2.13 bits per heavy atom. The van der Waals surface area contributed by atoms with Gasteiger partial charge in [0, 0.05) is 12.2 Å². The number of aryl methyl sites for hydroxylation is 1. The van der Waals surface area contributed by atoms with Crippen molar-refractivity contribution in [1.29, 1.82) is 0 Å². The molecular formula is C20H27NOS. The Hall–Kier alpha value is -1.47. The Morgan fingerprint density at radius 1 is 1.35 bits per heavy atom. The van der Waals surface area contributed by atoms with Crippen LogP contribution in [0.5, 0.6) is 0 Å². The zero-order valence-electron chi connectivity index (χ0n) is 13.7. The second-order valence-corrected chi connectivity index (χ2v) is 6.42. The standard InChI is InChI=1S/C20H27NOS/c1-2-3-5-12-19(20(22)13-15-21)14-17-23-16-8-11-18-9-6-4-7-10-18/h1,4-7,9-10,12,14,20,22H,3,8,11,13,15-17,21H2/b12-5-,19-14+. The number of hydrogen-bond donors (Lipinski definition) is 2. The van der Waals surface area contributed by atoms with Crippen molar-refractivity contribution in [1.82, 2.24) is 0 Å². The van der Waals surface area contributed by atoms with Gasteiger partial charge < -0.3 is 10.8 Å². The molecule has 1 aromatic carbocycles. The average molecular weight is 330 g/mol. The van der Waals surface area contributed by atoms with E-state index in [0.717, 1.165) is 29.9 Å². The lowest BCUT2D eigenvalue weighted by Gasteiger charge is -2.11. The van der Waals surface area contributed by atoms with Crippen LogP contribution in [0.15, 0.2) is 54.1 Å². The number of aliphatic hydroxyl groups excluding tert-OH is 1. The maximum atomic E-state index is 10.1. The van der Waals surface area contributed by atoms with Crippen LogP contribution in [0.1, 0.15) is 24.8 Å². The average Bonchev–Trinajstić information content (AvgIpc) is 2.57. The van der Waals surface area contributed by atoms with Gasteiger partial charge in [-0.05, 0) is 42.7 Å². The summed E-state index contributed by atoms with van der Waals surface area (Å²) in [6.07, 6.45) is 14.1. The molecule has 1 atom stereocenters. The van der Waals surface area contributed by atoms with Crippen molar-refractivity contribution in [2.45, 2.75) is 31.8 Å². The third-order valence-corrected chi connectivity index (χ3v) is 4.38. The smallest absolute Gasteiger partial charge is 0.0799 e.